The molecular formula is C14H26N2O3SSi2. The van der Waals surface area contributed by atoms with E-state index in [0.29, 0.717) is 18.1 Å². The lowest BCUT2D eigenvalue weighted by Gasteiger charge is -2.21. The molecule has 1 rings (SSSR count). The van der Waals surface area contributed by atoms with Crippen LogP contribution in [0.1, 0.15) is 12.5 Å². The van der Waals surface area contributed by atoms with Crippen molar-refractivity contribution in [2.75, 3.05) is 6.61 Å². The van der Waals surface area contributed by atoms with Crippen LogP contribution in [0.3, 0.4) is 0 Å². The van der Waals surface area contributed by atoms with E-state index in [0.717, 1.165) is 5.16 Å². The summed E-state index contributed by atoms with van der Waals surface area (Å²) in [5.74, 6) is 0.250. The van der Waals surface area contributed by atoms with Gasteiger partial charge in [-0.2, -0.15) is 4.98 Å². The molecule has 0 amide bonds. The molecule has 5 nitrogen and oxygen atoms in total. The smallest absolute Gasteiger partial charge is 0.310 e. The molecule has 22 heavy (non-hydrogen) atoms. The molecule has 0 aliphatic rings. The number of carbonyl (C=O) groups is 1. The van der Waals surface area contributed by atoms with E-state index in [4.69, 9.17) is 9.16 Å². The summed E-state index contributed by atoms with van der Waals surface area (Å²) >= 11 is 1.71. The minimum Gasteiger partial charge on any atom is -0.531 e. The second-order valence-corrected chi connectivity index (χ2v) is 20.4. The van der Waals surface area contributed by atoms with Gasteiger partial charge in [-0.3, -0.25) is 4.79 Å². The van der Waals surface area contributed by atoms with Gasteiger partial charge in [0.1, 0.15) is 7.22 Å². The van der Waals surface area contributed by atoms with E-state index in [1.165, 1.54) is 0 Å². The van der Waals surface area contributed by atoms with Crippen LogP contribution in [0.4, 0.5) is 0 Å². The largest absolute Gasteiger partial charge is 0.531 e. The number of nitrogens with zero attached hydrogens (tertiary/aromatic N) is 2. The minimum absolute atomic E-state index is 0.144. The van der Waals surface area contributed by atoms with Crippen molar-refractivity contribution in [3.05, 3.63) is 11.8 Å². The lowest BCUT2D eigenvalue weighted by Crippen LogP contribution is -2.30. The van der Waals surface area contributed by atoms with Gasteiger partial charge < -0.3 is 9.16 Å². The van der Waals surface area contributed by atoms with Crippen LogP contribution in [0.5, 0.6) is 5.88 Å². The maximum atomic E-state index is 11.7. The summed E-state index contributed by atoms with van der Waals surface area (Å²) in [5, 5.41) is 0.722. The standard InChI is InChI=1S/C14H26N2O3SSi2/c1-8-18-12(17)9-11-10-15-14(20-22(5,6)7)16-13(11)19-21(2,3)4/h10H,8-9H2,1-7H3. The molecule has 0 atom stereocenters. The van der Waals surface area contributed by atoms with Crippen LogP contribution in [-0.4, -0.2) is 38.1 Å². The number of hydrogen-bond acceptors (Lipinski definition) is 6. The van der Waals surface area contributed by atoms with Gasteiger partial charge >= 0.3 is 5.97 Å². The second-order valence-electron chi connectivity index (χ2n) is 6.89. The fourth-order valence-corrected chi connectivity index (χ4v) is 5.04. The average molecular weight is 359 g/mol. The molecule has 0 saturated heterocycles. The predicted octanol–water partition coefficient (Wildman–Crippen LogP) is 3.72. The molecule has 0 aliphatic carbocycles. The molecule has 0 radical (unpaired) electrons. The van der Waals surface area contributed by atoms with Gasteiger partial charge in [-0.15, -0.1) is 11.2 Å². The van der Waals surface area contributed by atoms with Gasteiger partial charge in [0, 0.05) is 11.8 Å². The third kappa shape index (κ3) is 7.41. The Balaban J connectivity index is 3.06. The zero-order valence-corrected chi connectivity index (χ0v) is 17.3. The molecule has 0 saturated carbocycles. The molecule has 0 unspecified atom stereocenters. The van der Waals surface area contributed by atoms with Crippen molar-refractivity contribution in [3.63, 3.8) is 0 Å². The number of hydrogen-bond donors (Lipinski definition) is 0. The first-order valence-electron chi connectivity index (χ1n) is 7.40. The zero-order chi connectivity index (χ0) is 17.0. The maximum Gasteiger partial charge on any atom is 0.310 e. The Morgan fingerprint density at radius 3 is 2.36 bits per heavy atom. The van der Waals surface area contributed by atoms with Gasteiger partial charge in [-0.1, -0.05) is 19.6 Å². The first-order valence-corrected chi connectivity index (χ1v) is 15.8. The van der Waals surface area contributed by atoms with Crippen molar-refractivity contribution >= 4 is 32.7 Å². The van der Waals surface area contributed by atoms with Crippen LogP contribution in [0.15, 0.2) is 11.4 Å². The van der Waals surface area contributed by atoms with Gasteiger partial charge in [0.05, 0.1) is 13.0 Å². The SMILES string of the molecule is CCOC(=O)Cc1cnc(S[Si](C)(C)C)nc1O[Si](C)(C)C. The van der Waals surface area contributed by atoms with Crippen molar-refractivity contribution in [3.8, 4) is 5.88 Å². The summed E-state index contributed by atoms with van der Waals surface area (Å²) in [6.45, 7) is 15.2. The highest BCUT2D eigenvalue weighted by atomic mass is 32.4. The van der Waals surface area contributed by atoms with Gasteiger partial charge in [0.15, 0.2) is 5.16 Å². The van der Waals surface area contributed by atoms with Crippen molar-refractivity contribution in [2.45, 2.75) is 57.8 Å². The Morgan fingerprint density at radius 1 is 1.23 bits per heavy atom. The summed E-state index contributed by atoms with van der Waals surface area (Å²) in [6.07, 6.45) is 1.84. The highest BCUT2D eigenvalue weighted by Gasteiger charge is 2.23. The third-order valence-electron chi connectivity index (χ3n) is 2.24. The Morgan fingerprint density at radius 2 is 1.86 bits per heavy atom. The molecule has 1 aromatic heterocycles. The number of esters is 1. The lowest BCUT2D eigenvalue weighted by atomic mass is 10.2. The molecule has 0 spiro atoms. The van der Waals surface area contributed by atoms with Crippen molar-refractivity contribution in [2.24, 2.45) is 0 Å². The molecule has 0 N–H and O–H groups in total. The monoisotopic (exact) mass is 358 g/mol. The number of aromatic nitrogens is 2. The van der Waals surface area contributed by atoms with E-state index >= 15 is 0 Å². The molecule has 0 aliphatic heterocycles. The van der Waals surface area contributed by atoms with E-state index in [2.05, 4.69) is 49.3 Å². The van der Waals surface area contributed by atoms with Gasteiger partial charge in [-0.25, -0.2) is 4.98 Å². The molecule has 1 heterocycles. The fraction of sp³-hybridized carbons (Fsp3) is 0.643. The normalized spacial score (nSPS) is 12.1. The molecule has 0 aromatic carbocycles. The molecular weight excluding hydrogens is 332 g/mol. The van der Waals surface area contributed by atoms with Gasteiger partial charge in [0.2, 0.25) is 14.2 Å². The van der Waals surface area contributed by atoms with Crippen molar-refractivity contribution in [1.29, 1.82) is 0 Å². The summed E-state index contributed by atoms with van der Waals surface area (Å²) in [6, 6.07) is 0. The third-order valence-corrected chi connectivity index (χ3v) is 6.43. The average Bonchev–Trinajstić information content (AvgIpc) is 2.28. The van der Waals surface area contributed by atoms with E-state index in [-0.39, 0.29) is 12.4 Å². The number of carbonyl (C=O) groups excluding carboxylic acids is 1. The van der Waals surface area contributed by atoms with Crippen LogP contribution < -0.4 is 4.43 Å². The first-order chi connectivity index (χ1) is 10.00. The van der Waals surface area contributed by atoms with Crippen LogP contribution in [0.25, 0.3) is 0 Å². The van der Waals surface area contributed by atoms with Gasteiger partial charge in [-0.05, 0) is 26.6 Å². The first kappa shape index (κ1) is 19.2. The highest BCUT2D eigenvalue weighted by molar-refractivity contribution is 8.28. The quantitative estimate of drug-likeness (QED) is 0.420. The highest BCUT2D eigenvalue weighted by Crippen LogP contribution is 2.29. The molecule has 8 heteroatoms. The molecule has 1 aromatic rings. The van der Waals surface area contributed by atoms with Crippen molar-refractivity contribution < 1.29 is 14.0 Å². The topological polar surface area (TPSA) is 61.3 Å². The molecule has 0 fully saturated rings. The lowest BCUT2D eigenvalue weighted by molar-refractivity contribution is -0.142. The van der Waals surface area contributed by atoms with Gasteiger partial charge in [0.25, 0.3) is 0 Å². The Hall–Kier alpha value is -0.866. The number of ether oxygens (including phenoxy) is 1. The fourth-order valence-electron chi connectivity index (χ4n) is 1.57. The Labute approximate surface area is 139 Å². The summed E-state index contributed by atoms with van der Waals surface area (Å²) in [4.78, 5) is 20.7. The Bertz CT molecular complexity index is 528. The van der Waals surface area contributed by atoms with Crippen LogP contribution in [0, 0.1) is 0 Å². The molecule has 0 bridgehead atoms. The Kier molecular flexibility index (Phi) is 6.63. The van der Waals surface area contributed by atoms with E-state index < -0.39 is 15.5 Å². The summed E-state index contributed by atoms with van der Waals surface area (Å²) in [5.41, 5.74) is 0.695. The van der Waals surface area contributed by atoms with E-state index in [1.54, 1.807) is 24.3 Å². The van der Waals surface area contributed by atoms with Crippen LogP contribution >= 0.6 is 11.2 Å². The van der Waals surface area contributed by atoms with E-state index in [1.807, 2.05) is 0 Å². The minimum atomic E-state index is -1.82. The summed E-state index contributed by atoms with van der Waals surface area (Å²) in [7, 11) is -3.21. The zero-order valence-electron chi connectivity index (χ0n) is 14.5. The van der Waals surface area contributed by atoms with Crippen LogP contribution in [-0.2, 0) is 16.0 Å². The summed E-state index contributed by atoms with van der Waals surface area (Å²) < 4.78 is 11.1. The number of rotatable bonds is 7. The second kappa shape index (κ2) is 7.60. The predicted molar refractivity (Wildman–Crippen MR) is 95.5 cm³/mol. The van der Waals surface area contributed by atoms with E-state index in [9.17, 15) is 4.79 Å². The van der Waals surface area contributed by atoms with Crippen molar-refractivity contribution in [1.82, 2.24) is 9.97 Å². The van der Waals surface area contributed by atoms with Crippen LogP contribution in [0.2, 0.25) is 39.3 Å². The molecule has 124 valence electrons. The maximum absolute atomic E-state index is 11.7.